The highest BCUT2D eigenvalue weighted by Gasteiger charge is 2.29. The lowest BCUT2D eigenvalue weighted by molar-refractivity contribution is -0.131. The van der Waals surface area contributed by atoms with Crippen LogP contribution in [-0.2, 0) is 4.79 Å². The number of amides is 1. The Balaban J connectivity index is 1.87. The molecule has 2 aliphatic heterocycles. The summed E-state index contributed by atoms with van der Waals surface area (Å²) in [7, 11) is 0. The number of carbonyl (C=O) groups excluding carboxylic acids is 1. The van der Waals surface area contributed by atoms with Gasteiger partial charge in [-0.2, -0.15) is 0 Å². The Morgan fingerprint density at radius 2 is 2.28 bits per heavy atom. The Labute approximate surface area is 115 Å². The van der Waals surface area contributed by atoms with E-state index in [0.717, 1.165) is 32.5 Å². The lowest BCUT2D eigenvalue weighted by atomic mass is 10.1. The van der Waals surface area contributed by atoms with Crippen LogP contribution in [0.2, 0.25) is 0 Å². The maximum atomic E-state index is 12.5. The highest BCUT2D eigenvalue weighted by molar-refractivity contribution is 8.00. The van der Waals surface area contributed by atoms with Gasteiger partial charge in [0.1, 0.15) is 0 Å². The Bertz CT molecular complexity index is 261. The van der Waals surface area contributed by atoms with Gasteiger partial charge in [-0.05, 0) is 44.4 Å². The average molecular weight is 270 g/mol. The topological polar surface area (TPSA) is 32.3 Å². The molecule has 2 rings (SSSR count). The molecule has 2 aliphatic rings. The van der Waals surface area contributed by atoms with Gasteiger partial charge in [0.2, 0.25) is 5.91 Å². The predicted octanol–water partition coefficient (Wildman–Crippen LogP) is 2.26. The lowest BCUT2D eigenvalue weighted by Gasteiger charge is -2.28. The third-order valence-corrected chi connectivity index (χ3v) is 5.27. The van der Waals surface area contributed by atoms with Gasteiger partial charge in [0.15, 0.2) is 0 Å². The summed E-state index contributed by atoms with van der Waals surface area (Å²) in [5.74, 6) is 1.57. The second-order valence-corrected chi connectivity index (χ2v) is 6.74. The van der Waals surface area contributed by atoms with E-state index in [0.29, 0.717) is 11.9 Å². The van der Waals surface area contributed by atoms with Crippen LogP contribution in [0.15, 0.2) is 0 Å². The molecule has 3 nitrogen and oxygen atoms in total. The zero-order valence-corrected chi connectivity index (χ0v) is 12.3. The summed E-state index contributed by atoms with van der Waals surface area (Å²) >= 11 is 1.86. The summed E-state index contributed by atoms with van der Waals surface area (Å²) in [6.45, 7) is 5.19. The smallest absolute Gasteiger partial charge is 0.235 e. The molecule has 0 aromatic carbocycles. The highest BCUT2D eigenvalue weighted by atomic mass is 32.2. The molecule has 0 radical (unpaired) electrons. The minimum atomic E-state index is 0.253. The molecule has 0 bridgehead atoms. The number of rotatable bonds is 6. The van der Waals surface area contributed by atoms with E-state index >= 15 is 0 Å². The van der Waals surface area contributed by atoms with Crippen molar-refractivity contribution in [1.82, 2.24) is 10.2 Å². The van der Waals surface area contributed by atoms with Gasteiger partial charge in [-0.15, -0.1) is 11.8 Å². The molecule has 0 aromatic heterocycles. The largest absolute Gasteiger partial charge is 0.340 e. The van der Waals surface area contributed by atoms with Crippen molar-refractivity contribution in [2.45, 2.75) is 56.7 Å². The fraction of sp³-hybridized carbons (Fsp3) is 0.929. The molecule has 104 valence electrons. The van der Waals surface area contributed by atoms with E-state index in [4.69, 9.17) is 0 Å². The first kappa shape index (κ1) is 14.2. The monoisotopic (exact) mass is 270 g/mol. The molecule has 0 aromatic rings. The van der Waals surface area contributed by atoms with Crippen molar-refractivity contribution in [2.24, 2.45) is 0 Å². The first-order valence-corrected chi connectivity index (χ1v) is 8.50. The minimum absolute atomic E-state index is 0.253. The summed E-state index contributed by atoms with van der Waals surface area (Å²) in [5, 5.41) is 3.76. The zero-order chi connectivity index (χ0) is 12.8. The SMILES string of the molecule is CCCCN(CC1CCCN1)C(=O)C1CCCS1. The van der Waals surface area contributed by atoms with Crippen molar-refractivity contribution in [3.8, 4) is 0 Å². The van der Waals surface area contributed by atoms with E-state index < -0.39 is 0 Å². The quantitative estimate of drug-likeness (QED) is 0.803. The van der Waals surface area contributed by atoms with E-state index in [9.17, 15) is 4.79 Å². The molecule has 2 heterocycles. The number of nitrogens with zero attached hydrogens (tertiary/aromatic N) is 1. The molecule has 4 heteroatoms. The van der Waals surface area contributed by atoms with Crippen LogP contribution in [0, 0.1) is 0 Å². The van der Waals surface area contributed by atoms with E-state index in [1.165, 1.54) is 31.4 Å². The van der Waals surface area contributed by atoms with Gasteiger partial charge in [-0.1, -0.05) is 13.3 Å². The van der Waals surface area contributed by atoms with Gasteiger partial charge in [0.05, 0.1) is 5.25 Å². The third kappa shape index (κ3) is 3.89. The number of hydrogen-bond acceptors (Lipinski definition) is 3. The first-order chi connectivity index (χ1) is 8.81. The second-order valence-electron chi connectivity index (χ2n) is 5.43. The molecule has 2 unspecified atom stereocenters. The Morgan fingerprint density at radius 3 is 2.89 bits per heavy atom. The van der Waals surface area contributed by atoms with Crippen LogP contribution in [-0.4, -0.2) is 47.5 Å². The van der Waals surface area contributed by atoms with Crippen molar-refractivity contribution >= 4 is 17.7 Å². The van der Waals surface area contributed by atoms with Crippen LogP contribution in [0.4, 0.5) is 0 Å². The van der Waals surface area contributed by atoms with E-state index in [1.807, 2.05) is 11.8 Å². The average Bonchev–Trinajstić information content (AvgIpc) is 3.06. The molecule has 2 saturated heterocycles. The standard InChI is InChI=1S/C14H26N2OS/c1-2-3-9-16(11-12-6-4-8-15-12)14(17)13-7-5-10-18-13/h12-13,15H,2-11H2,1H3. The van der Waals surface area contributed by atoms with Crippen LogP contribution in [0.25, 0.3) is 0 Å². The van der Waals surface area contributed by atoms with Crippen LogP contribution >= 0.6 is 11.8 Å². The first-order valence-electron chi connectivity index (χ1n) is 7.45. The lowest BCUT2D eigenvalue weighted by Crippen LogP contribution is -2.44. The molecule has 1 amide bonds. The van der Waals surface area contributed by atoms with Crippen LogP contribution in [0.3, 0.4) is 0 Å². The third-order valence-electron chi connectivity index (χ3n) is 3.90. The maximum absolute atomic E-state index is 12.5. The number of hydrogen-bond donors (Lipinski definition) is 1. The molecule has 2 fully saturated rings. The fourth-order valence-electron chi connectivity index (χ4n) is 2.80. The van der Waals surface area contributed by atoms with Gasteiger partial charge in [-0.3, -0.25) is 4.79 Å². The Morgan fingerprint density at radius 1 is 1.39 bits per heavy atom. The second kappa shape index (κ2) is 7.39. The van der Waals surface area contributed by atoms with E-state index in [2.05, 4.69) is 17.1 Å². The zero-order valence-electron chi connectivity index (χ0n) is 11.5. The summed E-state index contributed by atoms with van der Waals surface area (Å²) in [5.41, 5.74) is 0. The molecule has 0 saturated carbocycles. The summed E-state index contributed by atoms with van der Waals surface area (Å²) in [6.07, 6.45) is 7.09. The molecular formula is C14H26N2OS. The molecular weight excluding hydrogens is 244 g/mol. The number of carbonyl (C=O) groups is 1. The van der Waals surface area contributed by atoms with Crippen LogP contribution < -0.4 is 5.32 Å². The Kier molecular flexibility index (Phi) is 5.83. The molecule has 1 N–H and O–H groups in total. The van der Waals surface area contributed by atoms with Crippen LogP contribution in [0.1, 0.15) is 45.4 Å². The van der Waals surface area contributed by atoms with E-state index in [1.54, 1.807) is 0 Å². The van der Waals surface area contributed by atoms with Crippen molar-refractivity contribution < 1.29 is 4.79 Å². The fourth-order valence-corrected chi connectivity index (χ4v) is 4.04. The number of unbranched alkanes of at least 4 members (excludes halogenated alkanes) is 1. The normalized spacial score (nSPS) is 27.6. The van der Waals surface area contributed by atoms with E-state index in [-0.39, 0.29) is 5.25 Å². The van der Waals surface area contributed by atoms with Crippen molar-refractivity contribution in [1.29, 1.82) is 0 Å². The van der Waals surface area contributed by atoms with Gasteiger partial charge in [0.25, 0.3) is 0 Å². The summed E-state index contributed by atoms with van der Waals surface area (Å²) in [4.78, 5) is 14.7. The predicted molar refractivity (Wildman–Crippen MR) is 78.0 cm³/mol. The Hall–Kier alpha value is -0.220. The van der Waals surface area contributed by atoms with Gasteiger partial charge >= 0.3 is 0 Å². The highest BCUT2D eigenvalue weighted by Crippen LogP contribution is 2.28. The van der Waals surface area contributed by atoms with Gasteiger partial charge in [-0.25, -0.2) is 0 Å². The van der Waals surface area contributed by atoms with Gasteiger partial charge < -0.3 is 10.2 Å². The van der Waals surface area contributed by atoms with Gasteiger partial charge in [0, 0.05) is 19.1 Å². The summed E-state index contributed by atoms with van der Waals surface area (Å²) < 4.78 is 0. The molecule has 0 spiro atoms. The minimum Gasteiger partial charge on any atom is -0.340 e. The molecule has 0 aliphatic carbocycles. The number of nitrogens with one attached hydrogen (secondary N) is 1. The van der Waals surface area contributed by atoms with Crippen molar-refractivity contribution in [3.63, 3.8) is 0 Å². The van der Waals surface area contributed by atoms with Crippen LogP contribution in [0.5, 0.6) is 0 Å². The van der Waals surface area contributed by atoms with Crippen molar-refractivity contribution in [3.05, 3.63) is 0 Å². The number of thioether (sulfide) groups is 1. The molecule has 2 atom stereocenters. The molecule has 18 heavy (non-hydrogen) atoms. The van der Waals surface area contributed by atoms with Crippen molar-refractivity contribution in [2.75, 3.05) is 25.4 Å². The summed E-state index contributed by atoms with van der Waals surface area (Å²) in [6, 6.07) is 0.539. The maximum Gasteiger partial charge on any atom is 0.235 e.